The Hall–Kier alpha value is -1.41. The van der Waals surface area contributed by atoms with Gasteiger partial charge in [-0.05, 0) is 0 Å². The second-order valence-corrected chi connectivity index (χ2v) is 2.78. The molecule has 0 aliphatic carbocycles. The van der Waals surface area contributed by atoms with Crippen molar-refractivity contribution in [3.05, 3.63) is 23.3 Å². The summed E-state index contributed by atoms with van der Waals surface area (Å²) in [6.07, 6.45) is -4.10. The number of halogens is 4. The van der Waals surface area contributed by atoms with E-state index in [-0.39, 0.29) is 12.1 Å². The normalized spacial score (nSPS) is 11.6. The molecule has 0 spiro atoms. The van der Waals surface area contributed by atoms with E-state index in [0.717, 1.165) is 6.20 Å². The molecule has 0 saturated carbocycles. The highest BCUT2D eigenvalue weighted by Crippen LogP contribution is 2.29. The summed E-state index contributed by atoms with van der Waals surface area (Å²) in [6, 6.07) is 0. The number of aliphatic hydroxyl groups is 1. The van der Waals surface area contributed by atoms with E-state index in [2.05, 4.69) is 9.72 Å². The maximum absolute atomic E-state index is 13.3. The first-order valence-electron chi connectivity index (χ1n) is 4.12. The highest BCUT2D eigenvalue weighted by molar-refractivity contribution is 5.35. The Bertz CT molecular complexity index is 381. The van der Waals surface area contributed by atoms with Crippen molar-refractivity contribution >= 4 is 0 Å². The number of rotatable bonds is 3. The third-order valence-electron chi connectivity index (χ3n) is 1.71. The SMILES string of the molecule is NCc1cnc(CO)c(F)c1OC(F)(F)F. The number of nitrogens with zero attached hydrogens (tertiary/aromatic N) is 1. The van der Waals surface area contributed by atoms with Crippen LogP contribution in [0.4, 0.5) is 17.6 Å². The van der Waals surface area contributed by atoms with Crippen LogP contribution in [0.2, 0.25) is 0 Å². The molecule has 0 amide bonds. The quantitative estimate of drug-likeness (QED) is 0.775. The van der Waals surface area contributed by atoms with Gasteiger partial charge in [0.2, 0.25) is 0 Å². The Labute approximate surface area is 87.7 Å². The minimum absolute atomic E-state index is 0.230. The van der Waals surface area contributed by atoms with Crippen LogP contribution in [-0.4, -0.2) is 16.5 Å². The van der Waals surface area contributed by atoms with Crippen molar-refractivity contribution in [3.63, 3.8) is 0 Å². The largest absolute Gasteiger partial charge is 0.573 e. The van der Waals surface area contributed by atoms with Crippen molar-refractivity contribution in [3.8, 4) is 5.75 Å². The van der Waals surface area contributed by atoms with E-state index in [0.29, 0.717) is 0 Å². The van der Waals surface area contributed by atoms with Gasteiger partial charge in [-0.25, -0.2) is 4.39 Å². The van der Waals surface area contributed by atoms with Gasteiger partial charge in [0.05, 0.1) is 6.61 Å². The molecular weight excluding hydrogens is 232 g/mol. The number of aromatic nitrogens is 1. The minimum atomic E-state index is -5.03. The molecule has 3 N–H and O–H groups in total. The average molecular weight is 240 g/mol. The molecule has 0 unspecified atom stereocenters. The fraction of sp³-hybridized carbons (Fsp3) is 0.375. The maximum Gasteiger partial charge on any atom is 0.573 e. The zero-order valence-electron chi connectivity index (χ0n) is 7.88. The molecule has 4 nitrogen and oxygen atoms in total. The van der Waals surface area contributed by atoms with Crippen LogP contribution in [0.5, 0.6) is 5.75 Å². The Kier molecular flexibility index (Phi) is 3.66. The van der Waals surface area contributed by atoms with Crippen LogP contribution in [0.3, 0.4) is 0 Å². The molecule has 0 bridgehead atoms. The van der Waals surface area contributed by atoms with Gasteiger partial charge in [-0.1, -0.05) is 0 Å². The lowest BCUT2D eigenvalue weighted by Crippen LogP contribution is -2.20. The number of ether oxygens (including phenoxy) is 1. The van der Waals surface area contributed by atoms with Crippen molar-refractivity contribution in [2.24, 2.45) is 5.73 Å². The van der Waals surface area contributed by atoms with E-state index in [9.17, 15) is 17.6 Å². The molecule has 16 heavy (non-hydrogen) atoms. The number of pyridine rings is 1. The smallest absolute Gasteiger partial charge is 0.402 e. The van der Waals surface area contributed by atoms with Gasteiger partial charge in [-0.2, -0.15) is 0 Å². The summed E-state index contributed by atoms with van der Waals surface area (Å²) in [6.45, 7) is -1.19. The molecule has 1 aromatic heterocycles. The summed E-state index contributed by atoms with van der Waals surface area (Å²) < 4.78 is 52.7. The van der Waals surface area contributed by atoms with Gasteiger partial charge in [-0.15, -0.1) is 13.2 Å². The highest BCUT2D eigenvalue weighted by atomic mass is 19.4. The molecule has 0 aromatic carbocycles. The first-order chi connectivity index (χ1) is 7.39. The van der Waals surface area contributed by atoms with Crippen LogP contribution >= 0.6 is 0 Å². The second-order valence-electron chi connectivity index (χ2n) is 2.78. The van der Waals surface area contributed by atoms with Gasteiger partial charge in [0, 0.05) is 18.3 Å². The predicted octanol–water partition coefficient (Wildman–Crippen LogP) is 1.07. The molecule has 0 radical (unpaired) electrons. The first-order valence-corrected chi connectivity index (χ1v) is 4.12. The summed E-state index contributed by atoms with van der Waals surface area (Å²) in [5, 5.41) is 8.63. The maximum atomic E-state index is 13.3. The zero-order valence-corrected chi connectivity index (χ0v) is 7.88. The summed E-state index contributed by atoms with van der Waals surface area (Å²) >= 11 is 0. The molecule has 1 heterocycles. The first kappa shape index (κ1) is 12.7. The third kappa shape index (κ3) is 2.80. The van der Waals surface area contributed by atoms with E-state index in [4.69, 9.17) is 10.8 Å². The third-order valence-corrected chi connectivity index (χ3v) is 1.71. The lowest BCUT2D eigenvalue weighted by atomic mass is 10.2. The van der Waals surface area contributed by atoms with Crippen LogP contribution < -0.4 is 10.5 Å². The molecule has 0 aliphatic rings. The van der Waals surface area contributed by atoms with Gasteiger partial charge >= 0.3 is 6.36 Å². The number of hydrogen-bond acceptors (Lipinski definition) is 4. The Morgan fingerprint density at radius 2 is 2.06 bits per heavy atom. The van der Waals surface area contributed by atoms with Crippen molar-refractivity contribution in [2.75, 3.05) is 0 Å². The van der Waals surface area contributed by atoms with Crippen molar-refractivity contribution in [1.82, 2.24) is 4.98 Å². The molecule has 8 heteroatoms. The van der Waals surface area contributed by atoms with Gasteiger partial charge < -0.3 is 15.6 Å². The van der Waals surface area contributed by atoms with Gasteiger partial charge in [0.25, 0.3) is 0 Å². The molecule has 90 valence electrons. The summed E-state index contributed by atoms with van der Waals surface area (Å²) in [5.41, 5.74) is 4.35. The van der Waals surface area contributed by atoms with Crippen LogP contribution in [-0.2, 0) is 13.2 Å². The highest BCUT2D eigenvalue weighted by Gasteiger charge is 2.34. The predicted molar refractivity (Wildman–Crippen MR) is 44.7 cm³/mol. The van der Waals surface area contributed by atoms with Crippen molar-refractivity contribution < 1.29 is 27.4 Å². The van der Waals surface area contributed by atoms with Crippen LogP contribution in [0.25, 0.3) is 0 Å². The second kappa shape index (κ2) is 4.62. The standard InChI is InChI=1S/C8H8F4N2O2/c9-6-5(3-15)14-2-4(1-13)7(6)16-8(10,11)12/h2,15H,1,3,13H2. The van der Waals surface area contributed by atoms with E-state index in [1.54, 1.807) is 0 Å². The van der Waals surface area contributed by atoms with Gasteiger partial charge in [-0.3, -0.25) is 4.98 Å². The van der Waals surface area contributed by atoms with Crippen molar-refractivity contribution in [1.29, 1.82) is 0 Å². The number of hydrogen-bond donors (Lipinski definition) is 2. The summed E-state index contributed by atoms with van der Waals surface area (Å²) in [4.78, 5) is 3.41. The number of aliphatic hydroxyl groups excluding tert-OH is 1. The lowest BCUT2D eigenvalue weighted by molar-refractivity contribution is -0.276. The monoisotopic (exact) mass is 240 g/mol. The average Bonchev–Trinajstić information content (AvgIpc) is 2.19. The van der Waals surface area contributed by atoms with Crippen molar-refractivity contribution in [2.45, 2.75) is 19.5 Å². The topological polar surface area (TPSA) is 68.4 Å². The fourth-order valence-corrected chi connectivity index (χ4v) is 1.02. The summed E-state index contributed by atoms with van der Waals surface area (Å²) in [5.74, 6) is -2.41. The van der Waals surface area contributed by atoms with Crippen LogP contribution in [0.15, 0.2) is 6.20 Å². The zero-order chi connectivity index (χ0) is 12.3. The molecular formula is C8H8F4N2O2. The summed E-state index contributed by atoms with van der Waals surface area (Å²) in [7, 11) is 0. The van der Waals surface area contributed by atoms with E-state index in [1.165, 1.54) is 0 Å². The molecule has 0 saturated heterocycles. The van der Waals surface area contributed by atoms with Crippen LogP contribution in [0, 0.1) is 5.82 Å². The fourth-order valence-electron chi connectivity index (χ4n) is 1.02. The minimum Gasteiger partial charge on any atom is -0.402 e. The van der Waals surface area contributed by atoms with E-state index in [1.807, 2.05) is 0 Å². The van der Waals surface area contributed by atoms with E-state index >= 15 is 0 Å². The Balaban J connectivity index is 3.21. The Morgan fingerprint density at radius 1 is 1.44 bits per heavy atom. The number of alkyl halides is 3. The van der Waals surface area contributed by atoms with E-state index < -0.39 is 30.2 Å². The van der Waals surface area contributed by atoms with Gasteiger partial charge in [0.1, 0.15) is 5.69 Å². The molecule has 0 atom stereocenters. The molecule has 0 fully saturated rings. The Morgan fingerprint density at radius 3 is 2.50 bits per heavy atom. The number of nitrogens with two attached hydrogens (primary N) is 1. The van der Waals surface area contributed by atoms with Gasteiger partial charge in [0.15, 0.2) is 11.6 Å². The van der Waals surface area contributed by atoms with Crippen LogP contribution in [0.1, 0.15) is 11.3 Å². The lowest BCUT2D eigenvalue weighted by Gasteiger charge is -2.14. The molecule has 0 aliphatic heterocycles. The molecule has 1 aromatic rings. The molecule has 1 rings (SSSR count).